The molecular weight excluding hydrogens is 475 g/mol. The van der Waals surface area contributed by atoms with E-state index in [2.05, 4.69) is 10.0 Å². The van der Waals surface area contributed by atoms with Gasteiger partial charge < -0.3 is 14.8 Å². The van der Waals surface area contributed by atoms with Crippen LogP contribution in [0.2, 0.25) is 10.0 Å². The van der Waals surface area contributed by atoms with E-state index < -0.39 is 15.9 Å². The van der Waals surface area contributed by atoms with Gasteiger partial charge in [0.2, 0.25) is 0 Å². The fourth-order valence-corrected chi connectivity index (χ4v) is 4.84. The maximum atomic E-state index is 13.0. The SMILES string of the molecule is COc1cc(C(=O)Nc2ccc(C)c(S(=O)(=O)Nc3ccccc3Cl)c2)cc(Cl)c1OC. The van der Waals surface area contributed by atoms with Crippen LogP contribution in [0, 0.1) is 6.92 Å². The van der Waals surface area contributed by atoms with E-state index in [-0.39, 0.29) is 31.9 Å². The number of nitrogens with one attached hydrogen (secondary N) is 2. The molecule has 0 aliphatic carbocycles. The van der Waals surface area contributed by atoms with Crippen LogP contribution in [0.15, 0.2) is 59.5 Å². The van der Waals surface area contributed by atoms with Crippen LogP contribution in [-0.2, 0) is 10.0 Å². The molecule has 0 radical (unpaired) electrons. The van der Waals surface area contributed by atoms with Crippen LogP contribution in [0.3, 0.4) is 0 Å². The Balaban J connectivity index is 1.90. The first-order valence-electron chi connectivity index (χ1n) is 9.27. The number of rotatable bonds is 7. The molecule has 3 rings (SSSR count). The lowest BCUT2D eigenvalue weighted by atomic mass is 10.1. The van der Waals surface area contributed by atoms with E-state index in [1.54, 1.807) is 43.3 Å². The monoisotopic (exact) mass is 494 g/mol. The second-order valence-corrected chi connectivity index (χ2v) is 9.18. The molecule has 0 aromatic heterocycles. The number of hydrogen-bond acceptors (Lipinski definition) is 5. The summed E-state index contributed by atoms with van der Waals surface area (Å²) in [6, 6.07) is 14.0. The number of carbonyl (C=O) groups excluding carboxylic acids is 1. The molecule has 0 aliphatic rings. The predicted molar refractivity (Wildman–Crippen MR) is 126 cm³/mol. The minimum atomic E-state index is -3.96. The van der Waals surface area contributed by atoms with Crippen LogP contribution in [0.5, 0.6) is 11.5 Å². The maximum absolute atomic E-state index is 13.0. The number of benzene rings is 3. The summed E-state index contributed by atoms with van der Waals surface area (Å²) >= 11 is 12.2. The Bertz CT molecular complexity index is 1280. The number of anilines is 2. The van der Waals surface area contributed by atoms with Crippen molar-refractivity contribution in [1.82, 2.24) is 0 Å². The molecule has 3 aromatic carbocycles. The normalized spacial score (nSPS) is 11.0. The summed E-state index contributed by atoms with van der Waals surface area (Å²) in [7, 11) is -1.09. The first-order chi connectivity index (χ1) is 15.2. The van der Waals surface area contributed by atoms with Crippen molar-refractivity contribution in [2.24, 2.45) is 0 Å². The number of amides is 1. The molecular formula is C22H20Cl2N2O5S. The van der Waals surface area contributed by atoms with Gasteiger partial charge in [0.1, 0.15) is 0 Å². The van der Waals surface area contributed by atoms with E-state index in [9.17, 15) is 13.2 Å². The lowest BCUT2D eigenvalue weighted by molar-refractivity contribution is 0.102. The van der Waals surface area contributed by atoms with Crippen molar-refractivity contribution in [1.29, 1.82) is 0 Å². The van der Waals surface area contributed by atoms with E-state index in [1.165, 1.54) is 32.4 Å². The van der Waals surface area contributed by atoms with Crippen LogP contribution in [0.1, 0.15) is 15.9 Å². The highest BCUT2D eigenvalue weighted by atomic mass is 35.5. The van der Waals surface area contributed by atoms with E-state index in [0.29, 0.717) is 17.1 Å². The minimum Gasteiger partial charge on any atom is -0.493 e. The largest absolute Gasteiger partial charge is 0.493 e. The number of carbonyl (C=O) groups is 1. The summed E-state index contributed by atoms with van der Waals surface area (Å²) in [5.74, 6) is 0.0976. The number of methoxy groups -OCH3 is 2. The summed E-state index contributed by atoms with van der Waals surface area (Å²) in [6.45, 7) is 1.65. The van der Waals surface area contributed by atoms with Crippen LogP contribution >= 0.6 is 23.2 Å². The second kappa shape index (κ2) is 9.68. The van der Waals surface area contributed by atoms with Gasteiger partial charge in [-0.05, 0) is 48.9 Å². The Morgan fingerprint density at radius 3 is 2.31 bits per heavy atom. The van der Waals surface area contributed by atoms with Gasteiger partial charge in [0, 0.05) is 11.3 Å². The Morgan fingerprint density at radius 2 is 1.66 bits per heavy atom. The first-order valence-corrected chi connectivity index (χ1v) is 11.5. The molecule has 10 heteroatoms. The molecule has 0 saturated carbocycles. The highest BCUT2D eigenvalue weighted by Crippen LogP contribution is 2.36. The highest BCUT2D eigenvalue weighted by Gasteiger charge is 2.20. The molecule has 0 unspecified atom stereocenters. The van der Waals surface area contributed by atoms with Crippen molar-refractivity contribution in [2.45, 2.75) is 11.8 Å². The molecule has 0 aliphatic heterocycles. The zero-order chi connectivity index (χ0) is 23.5. The van der Waals surface area contributed by atoms with Crippen molar-refractivity contribution in [3.05, 3.63) is 75.8 Å². The molecule has 0 bridgehead atoms. The number of aryl methyl sites for hydroxylation is 1. The van der Waals surface area contributed by atoms with E-state index >= 15 is 0 Å². The Hall–Kier alpha value is -2.94. The van der Waals surface area contributed by atoms with E-state index in [1.807, 2.05) is 0 Å². The quantitative estimate of drug-likeness (QED) is 0.460. The number of ether oxygens (including phenoxy) is 2. The Labute approximate surface area is 196 Å². The fourth-order valence-electron chi connectivity index (χ4n) is 2.96. The molecule has 0 atom stereocenters. The number of halogens is 2. The fraction of sp³-hybridized carbons (Fsp3) is 0.136. The average molecular weight is 495 g/mol. The van der Waals surface area contributed by atoms with Gasteiger partial charge in [-0.15, -0.1) is 0 Å². The van der Waals surface area contributed by atoms with Crippen molar-refractivity contribution >= 4 is 50.5 Å². The summed E-state index contributed by atoms with van der Waals surface area (Å²) < 4.78 is 38.8. The number of sulfonamides is 1. The Morgan fingerprint density at radius 1 is 0.938 bits per heavy atom. The van der Waals surface area contributed by atoms with Gasteiger partial charge in [-0.1, -0.05) is 41.4 Å². The molecule has 2 N–H and O–H groups in total. The van der Waals surface area contributed by atoms with Crippen molar-refractivity contribution in [2.75, 3.05) is 24.3 Å². The zero-order valence-corrected chi connectivity index (χ0v) is 19.7. The van der Waals surface area contributed by atoms with Gasteiger partial charge in [-0.25, -0.2) is 8.42 Å². The molecule has 0 fully saturated rings. The lowest BCUT2D eigenvalue weighted by Gasteiger charge is -2.14. The Kier molecular flexibility index (Phi) is 7.18. The smallest absolute Gasteiger partial charge is 0.262 e. The third-order valence-electron chi connectivity index (χ3n) is 4.55. The predicted octanol–water partition coefficient (Wildman–Crippen LogP) is 5.37. The highest BCUT2D eigenvalue weighted by molar-refractivity contribution is 7.92. The third kappa shape index (κ3) is 5.09. The van der Waals surface area contributed by atoms with Gasteiger partial charge in [-0.2, -0.15) is 0 Å². The third-order valence-corrected chi connectivity index (χ3v) is 6.67. The van der Waals surface area contributed by atoms with Crippen LogP contribution in [0.25, 0.3) is 0 Å². The van der Waals surface area contributed by atoms with Gasteiger partial charge in [0.05, 0.1) is 34.8 Å². The number of hydrogen-bond donors (Lipinski definition) is 2. The van der Waals surface area contributed by atoms with Crippen molar-refractivity contribution in [3.8, 4) is 11.5 Å². The van der Waals surface area contributed by atoms with Crippen LogP contribution in [0.4, 0.5) is 11.4 Å². The molecule has 0 heterocycles. The molecule has 7 nitrogen and oxygen atoms in total. The van der Waals surface area contributed by atoms with Crippen LogP contribution in [-0.4, -0.2) is 28.5 Å². The topological polar surface area (TPSA) is 93.7 Å². The molecule has 0 saturated heterocycles. The van der Waals surface area contributed by atoms with Crippen molar-refractivity contribution < 1.29 is 22.7 Å². The van der Waals surface area contributed by atoms with Gasteiger partial charge in [0.15, 0.2) is 11.5 Å². The summed E-state index contributed by atoms with van der Waals surface area (Å²) in [5, 5.41) is 3.15. The summed E-state index contributed by atoms with van der Waals surface area (Å²) in [5.41, 5.74) is 1.25. The van der Waals surface area contributed by atoms with Gasteiger partial charge in [0.25, 0.3) is 15.9 Å². The van der Waals surface area contributed by atoms with Gasteiger partial charge in [-0.3, -0.25) is 9.52 Å². The van der Waals surface area contributed by atoms with E-state index in [0.717, 1.165) is 0 Å². The van der Waals surface area contributed by atoms with Crippen LogP contribution < -0.4 is 19.5 Å². The number of para-hydroxylation sites is 1. The average Bonchev–Trinajstić information content (AvgIpc) is 2.75. The summed E-state index contributed by atoms with van der Waals surface area (Å²) in [6.07, 6.45) is 0. The standard InChI is InChI=1S/C22H20Cl2N2O5S/c1-13-8-9-15(12-20(13)32(28,29)26-18-7-5-4-6-16(18)23)25-22(27)14-10-17(24)21(31-3)19(11-14)30-2/h4-12,26H,1-3H3,(H,25,27). The molecule has 168 valence electrons. The zero-order valence-electron chi connectivity index (χ0n) is 17.4. The summed E-state index contributed by atoms with van der Waals surface area (Å²) in [4.78, 5) is 12.8. The van der Waals surface area contributed by atoms with Gasteiger partial charge >= 0.3 is 0 Å². The van der Waals surface area contributed by atoms with E-state index in [4.69, 9.17) is 32.7 Å². The minimum absolute atomic E-state index is 0.000522. The molecule has 0 spiro atoms. The second-order valence-electron chi connectivity index (χ2n) is 6.71. The maximum Gasteiger partial charge on any atom is 0.262 e. The van der Waals surface area contributed by atoms with Crippen molar-refractivity contribution in [3.63, 3.8) is 0 Å². The molecule has 3 aromatic rings. The first kappa shape index (κ1) is 23.7. The lowest BCUT2D eigenvalue weighted by Crippen LogP contribution is -2.16. The molecule has 32 heavy (non-hydrogen) atoms. The molecule has 1 amide bonds.